The summed E-state index contributed by atoms with van der Waals surface area (Å²) in [6.07, 6.45) is -0.195. The predicted octanol–water partition coefficient (Wildman–Crippen LogP) is 3.71. The molecule has 7 nitrogen and oxygen atoms in total. The first kappa shape index (κ1) is 17.5. The lowest BCUT2D eigenvalue weighted by molar-refractivity contribution is -0.384. The van der Waals surface area contributed by atoms with E-state index in [-0.39, 0.29) is 11.7 Å². The van der Waals surface area contributed by atoms with Crippen LogP contribution in [0.4, 0.5) is 16.2 Å². The molecule has 126 valence electrons. The highest BCUT2D eigenvalue weighted by Crippen LogP contribution is 2.34. The zero-order chi connectivity index (χ0) is 17.4. The van der Waals surface area contributed by atoms with Crippen LogP contribution < -0.4 is 4.90 Å². The van der Waals surface area contributed by atoms with Gasteiger partial charge < -0.3 is 10.0 Å². The number of hydrogen-bond donors (Lipinski definition) is 1. The van der Waals surface area contributed by atoms with Crippen LogP contribution in [0.15, 0.2) is 22.7 Å². The van der Waals surface area contributed by atoms with Gasteiger partial charge in [-0.3, -0.25) is 15.0 Å². The first-order valence-corrected chi connectivity index (χ1v) is 8.11. The number of non-ortho nitro benzene ring substituents is 1. The molecule has 0 aliphatic carbocycles. The summed E-state index contributed by atoms with van der Waals surface area (Å²) in [6.45, 7) is 6.92. The van der Waals surface area contributed by atoms with Crippen molar-refractivity contribution < 1.29 is 14.8 Å². The Hall–Kier alpha value is -1.83. The predicted molar refractivity (Wildman–Crippen MR) is 91.0 cm³/mol. The van der Waals surface area contributed by atoms with Crippen LogP contribution in [-0.4, -0.2) is 45.7 Å². The van der Waals surface area contributed by atoms with Crippen LogP contribution in [-0.2, 0) is 0 Å². The van der Waals surface area contributed by atoms with Gasteiger partial charge in [0.2, 0.25) is 0 Å². The fourth-order valence-corrected chi connectivity index (χ4v) is 3.65. The molecule has 1 fully saturated rings. The summed E-state index contributed by atoms with van der Waals surface area (Å²) in [5.41, 5.74) is 0.398. The highest BCUT2D eigenvalue weighted by molar-refractivity contribution is 9.10. The minimum atomic E-state index is -0.924. The Bertz CT molecular complexity index is 630. The number of anilines is 1. The lowest BCUT2D eigenvalue weighted by Gasteiger charge is -2.38. The molecular weight excluding hydrogens is 366 g/mol. The number of rotatable bonds is 3. The van der Waals surface area contributed by atoms with Crippen molar-refractivity contribution >= 4 is 33.4 Å². The highest BCUT2D eigenvalue weighted by Gasteiger charge is 2.37. The van der Waals surface area contributed by atoms with Crippen LogP contribution in [0.25, 0.3) is 0 Å². The van der Waals surface area contributed by atoms with Crippen LogP contribution in [0, 0.1) is 10.1 Å². The van der Waals surface area contributed by atoms with Gasteiger partial charge in [0.25, 0.3) is 5.69 Å². The third kappa shape index (κ3) is 3.74. The Morgan fingerprint density at radius 1 is 1.48 bits per heavy atom. The Labute approximate surface area is 143 Å². The van der Waals surface area contributed by atoms with Gasteiger partial charge >= 0.3 is 6.09 Å². The molecule has 1 N–H and O–H groups in total. The van der Waals surface area contributed by atoms with Crippen molar-refractivity contribution in [3.8, 4) is 0 Å². The summed E-state index contributed by atoms with van der Waals surface area (Å²) < 4.78 is 0.644. The number of amides is 1. The fraction of sp³-hybridized carbons (Fsp3) is 0.533. The molecule has 1 aliphatic rings. The Balaban J connectivity index is 2.20. The van der Waals surface area contributed by atoms with Crippen molar-refractivity contribution in [1.82, 2.24) is 4.90 Å². The van der Waals surface area contributed by atoms with Crippen molar-refractivity contribution in [2.24, 2.45) is 0 Å². The topological polar surface area (TPSA) is 86.9 Å². The maximum atomic E-state index is 11.6. The van der Waals surface area contributed by atoms with E-state index in [2.05, 4.69) is 20.8 Å². The minimum absolute atomic E-state index is 0.0261. The average Bonchev–Trinajstić information content (AvgIpc) is 2.85. The van der Waals surface area contributed by atoms with Gasteiger partial charge in [-0.15, -0.1) is 0 Å². The molecule has 1 atom stereocenters. The van der Waals surface area contributed by atoms with Gasteiger partial charge in [0.15, 0.2) is 0 Å². The van der Waals surface area contributed by atoms with Crippen molar-refractivity contribution in [3.63, 3.8) is 0 Å². The van der Waals surface area contributed by atoms with Crippen molar-refractivity contribution in [1.29, 1.82) is 0 Å². The van der Waals surface area contributed by atoms with E-state index in [0.29, 0.717) is 17.6 Å². The molecule has 1 aromatic rings. The summed E-state index contributed by atoms with van der Waals surface area (Å²) in [6, 6.07) is 4.54. The summed E-state index contributed by atoms with van der Waals surface area (Å²) in [5.74, 6) is 0. The third-order valence-electron chi connectivity index (χ3n) is 3.94. The molecule has 8 heteroatoms. The van der Waals surface area contributed by atoms with E-state index in [9.17, 15) is 20.0 Å². The lowest BCUT2D eigenvalue weighted by atomic mass is 10.0. The van der Waals surface area contributed by atoms with Crippen LogP contribution in [0.3, 0.4) is 0 Å². The third-order valence-corrected chi connectivity index (χ3v) is 4.58. The molecule has 0 aromatic heterocycles. The minimum Gasteiger partial charge on any atom is -0.465 e. The summed E-state index contributed by atoms with van der Waals surface area (Å²) in [4.78, 5) is 25.5. The SMILES string of the molecule is CC(C)(C)N(C(=O)O)C1CCN(c2ccc([N+](=O)[O-])cc2Br)C1. The molecule has 1 heterocycles. The van der Waals surface area contributed by atoms with Crippen molar-refractivity contribution in [2.45, 2.75) is 38.8 Å². The summed E-state index contributed by atoms with van der Waals surface area (Å²) in [7, 11) is 0. The number of benzene rings is 1. The van der Waals surface area contributed by atoms with Crippen LogP contribution in [0.1, 0.15) is 27.2 Å². The first-order valence-electron chi connectivity index (χ1n) is 7.32. The molecule has 2 rings (SSSR count). The number of nitro groups is 1. The van der Waals surface area contributed by atoms with E-state index in [1.165, 1.54) is 17.0 Å². The normalized spacial score (nSPS) is 18.1. The Kier molecular flexibility index (Phi) is 4.84. The van der Waals surface area contributed by atoms with Crippen molar-refractivity contribution in [2.75, 3.05) is 18.0 Å². The number of nitro benzene ring substituents is 1. The molecule has 0 spiro atoms. The molecule has 0 radical (unpaired) electrons. The molecule has 23 heavy (non-hydrogen) atoms. The van der Waals surface area contributed by atoms with Crippen LogP contribution in [0.5, 0.6) is 0 Å². The fourth-order valence-electron chi connectivity index (χ4n) is 3.03. The Morgan fingerprint density at radius 2 is 2.13 bits per heavy atom. The number of carboxylic acid groups (broad SMARTS) is 1. The molecule has 1 aliphatic heterocycles. The summed E-state index contributed by atoms with van der Waals surface area (Å²) in [5, 5.41) is 20.3. The maximum Gasteiger partial charge on any atom is 0.408 e. The molecule has 1 unspecified atom stereocenters. The van der Waals surface area contributed by atoms with Gasteiger partial charge in [0.1, 0.15) is 0 Å². The molecule has 1 aromatic carbocycles. The van der Waals surface area contributed by atoms with Gasteiger partial charge in [-0.2, -0.15) is 0 Å². The van der Waals surface area contributed by atoms with E-state index >= 15 is 0 Å². The van der Waals surface area contributed by atoms with Gasteiger partial charge in [-0.05, 0) is 49.2 Å². The number of hydrogen-bond acceptors (Lipinski definition) is 4. The second-order valence-corrected chi connectivity index (χ2v) is 7.46. The van der Waals surface area contributed by atoms with Gasteiger partial charge in [0.05, 0.1) is 16.7 Å². The first-order chi connectivity index (χ1) is 10.6. The zero-order valence-electron chi connectivity index (χ0n) is 13.3. The zero-order valence-corrected chi connectivity index (χ0v) is 14.9. The number of carbonyl (C=O) groups is 1. The van der Waals surface area contributed by atoms with E-state index in [0.717, 1.165) is 12.1 Å². The Morgan fingerprint density at radius 3 is 2.61 bits per heavy atom. The quantitative estimate of drug-likeness (QED) is 0.632. The number of halogens is 1. The van der Waals surface area contributed by atoms with Gasteiger partial charge in [0, 0.05) is 35.2 Å². The van der Waals surface area contributed by atoms with Crippen molar-refractivity contribution in [3.05, 3.63) is 32.8 Å². The average molecular weight is 386 g/mol. The van der Waals surface area contributed by atoms with Gasteiger partial charge in [-0.1, -0.05) is 0 Å². The second-order valence-electron chi connectivity index (χ2n) is 6.60. The standard InChI is InChI=1S/C15H20BrN3O4/c1-15(2,3)18(14(20)21)11-6-7-17(9-11)13-5-4-10(19(22)23)8-12(13)16/h4-5,8,11H,6-7,9H2,1-3H3,(H,20,21). The summed E-state index contributed by atoms with van der Waals surface area (Å²) >= 11 is 3.37. The van der Waals surface area contributed by atoms with E-state index in [1.807, 2.05) is 20.8 Å². The maximum absolute atomic E-state index is 11.6. The van der Waals surface area contributed by atoms with Crippen LogP contribution in [0.2, 0.25) is 0 Å². The van der Waals surface area contributed by atoms with E-state index in [4.69, 9.17) is 0 Å². The van der Waals surface area contributed by atoms with E-state index in [1.54, 1.807) is 6.07 Å². The molecule has 1 amide bonds. The van der Waals surface area contributed by atoms with Crippen LogP contribution >= 0.6 is 15.9 Å². The largest absolute Gasteiger partial charge is 0.465 e. The highest BCUT2D eigenvalue weighted by atomic mass is 79.9. The molecule has 1 saturated heterocycles. The smallest absolute Gasteiger partial charge is 0.408 e. The van der Waals surface area contributed by atoms with E-state index < -0.39 is 16.6 Å². The molecular formula is C15H20BrN3O4. The van der Waals surface area contributed by atoms with Gasteiger partial charge in [-0.25, -0.2) is 4.79 Å². The second kappa shape index (κ2) is 6.35. The molecule has 0 bridgehead atoms. The molecule has 0 saturated carbocycles. The lowest BCUT2D eigenvalue weighted by Crippen LogP contribution is -2.52. The number of nitrogens with zero attached hydrogens (tertiary/aromatic N) is 3. The monoisotopic (exact) mass is 385 g/mol.